The monoisotopic (exact) mass is 368 g/mol. The second-order valence-electron chi connectivity index (χ2n) is 7.49. The van der Waals surface area contributed by atoms with Gasteiger partial charge in [0.1, 0.15) is 5.75 Å². The Morgan fingerprint density at radius 3 is 2.37 bits per heavy atom. The molecule has 0 saturated heterocycles. The molecule has 5 nitrogen and oxygen atoms in total. The summed E-state index contributed by atoms with van der Waals surface area (Å²) < 4.78 is 5.71. The van der Waals surface area contributed by atoms with Gasteiger partial charge in [0.05, 0.1) is 6.61 Å². The van der Waals surface area contributed by atoms with Crippen LogP contribution in [0.3, 0.4) is 0 Å². The van der Waals surface area contributed by atoms with Crippen LogP contribution in [0.2, 0.25) is 0 Å². The van der Waals surface area contributed by atoms with Crippen molar-refractivity contribution in [3.63, 3.8) is 0 Å². The second-order valence-corrected chi connectivity index (χ2v) is 7.49. The number of carbonyl (C=O) groups is 2. The minimum Gasteiger partial charge on any atom is -0.494 e. The first-order valence-corrected chi connectivity index (χ1v) is 9.15. The minimum absolute atomic E-state index is 0.0354. The van der Waals surface area contributed by atoms with Crippen molar-refractivity contribution in [2.24, 2.45) is 0 Å². The molecule has 0 atom stereocenters. The first kappa shape index (κ1) is 20.5. The van der Waals surface area contributed by atoms with Crippen molar-refractivity contribution >= 4 is 17.5 Å². The predicted molar refractivity (Wildman–Crippen MR) is 109 cm³/mol. The molecule has 0 aromatic heterocycles. The Labute approximate surface area is 161 Å². The summed E-state index contributed by atoms with van der Waals surface area (Å²) in [5.74, 6) is 0.792. The van der Waals surface area contributed by atoms with Gasteiger partial charge in [0.25, 0.3) is 0 Å². The van der Waals surface area contributed by atoms with Crippen LogP contribution < -0.4 is 15.4 Å². The number of ketones is 1. The molecule has 2 aromatic rings. The standard InChI is InChI=1S/C22H28N2O3/c1-16(25)17-7-5-8-19(15-17)24-21(26)23-13-6-14-27-20-11-9-18(10-12-20)22(2,3)4/h5,7-12,15H,6,13-14H2,1-4H3,(H2,23,24,26). The van der Waals surface area contributed by atoms with Crippen LogP contribution in [0.5, 0.6) is 5.75 Å². The molecule has 0 radical (unpaired) electrons. The van der Waals surface area contributed by atoms with Gasteiger partial charge in [-0.2, -0.15) is 0 Å². The van der Waals surface area contributed by atoms with E-state index in [9.17, 15) is 9.59 Å². The number of hydrogen-bond donors (Lipinski definition) is 2. The number of rotatable bonds is 7. The maximum Gasteiger partial charge on any atom is 0.319 e. The number of amides is 2. The SMILES string of the molecule is CC(=O)c1cccc(NC(=O)NCCCOc2ccc(C(C)(C)C)cc2)c1. The summed E-state index contributed by atoms with van der Waals surface area (Å²) in [4.78, 5) is 23.3. The average Bonchev–Trinajstić information content (AvgIpc) is 2.61. The molecule has 0 fully saturated rings. The Morgan fingerprint density at radius 1 is 1.04 bits per heavy atom. The number of carbonyl (C=O) groups excluding carboxylic acids is 2. The quantitative estimate of drug-likeness (QED) is 0.546. The fourth-order valence-electron chi connectivity index (χ4n) is 2.51. The molecular weight excluding hydrogens is 340 g/mol. The maximum atomic E-state index is 11.9. The fourth-order valence-corrected chi connectivity index (χ4v) is 2.51. The summed E-state index contributed by atoms with van der Waals surface area (Å²) in [5.41, 5.74) is 2.55. The van der Waals surface area contributed by atoms with Gasteiger partial charge in [-0.3, -0.25) is 4.79 Å². The predicted octanol–water partition coefficient (Wildman–Crippen LogP) is 4.78. The summed E-state index contributed by atoms with van der Waals surface area (Å²) in [5, 5.41) is 5.50. The van der Waals surface area contributed by atoms with E-state index in [0.29, 0.717) is 30.8 Å². The molecule has 2 N–H and O–H groups in total. The number of anilines is 1. The molecule has 2 aromatic carbocycles. The smallest absolute Gasteiger partial charge is 0.319 e. The van der Waals surface area contributed by atoms with Crippen LogP contribution in [0.4, 0.5) is 10.5 Å². The molecular formula is C22H28N2O3. The fraction of sp³-hybridized carbons (Fsp3) is 0.364. The van der Waals surface area contributed by atoms with Gasteiger partial charge in [0, 0.05) is 17.8 Å². The van der Waals surface area contributed by atoms with E-state index in [0.717, 1.165) is 5.75 Å². The van der Waals surface area contributed by atoms with Crippen molar-refractivity contribution < 1.29 is 14.3 Å². The molecule has 0 unspecified atom stereocenters. The Balaban J connectivity index is 1.68. The van der Waals surface area contributed by atoms with Gasteiger partial charge in [0.2, 0.25) is 0 Å². The molecule has 5 heteroatoms. The molecule has 0 aliphatic carbocycles. The highest BCUT2D eigenvalue weighted by molar-refractivity contribution is 5.96. The number of hydrogen-bond acceptors (Lipinski definition) is 3. The second kappa shape index (κ2) is 9.21. The number of Topliss-reactive ketones (excluding diaryl/α,β-unsaturated/α-hetero) is 1. The summed E-state index contributed by atoms with van der Waals surface area (Å²) in [7, 11) is 0. The lowest BCUT2D eigenvalue weighted by molar-refractivity contribution is 0.101. The molecule has 0 bridgehead atoms. The van der Waals surface area contributed by atoms with Crippen molar-refractivity contribution in [2.75, 3.05) is 18.5 Å². The van der Waals surface area contributed by atoms with Crippen molar-refractivity contribution in [1.82, 2.24) is 5.32 Å². The van der Waals surface area contributed by atoms with Gasteiger partial charge in [-0.25, -0.2) is 4.79 Å². The lowest BCUT2D eigenvalue weighted by atomic mass is 9.87. The van der Waals surface area contributed by atoms with E-state index >= 15 is 0 Å². The molecule has 27 heavy (non-hydrogen) atoms. The largest absolute Gasteiger partial charge is 0.494 e. The van der Waals surface area contributed by atoms with Crippen LogP contribution >= 0.6 is 0 Å². The molecule has 0 saturated carbocycles. The van der Waals surface area contributed by atoms with Gasteiger partial charge in [-0.1, -0.05) is 45.0 Å². The number of ether oxygens (including phenoxy) is 1. The van der Waals surface area contributed by atoms with Gasteiger partial charge in [0.15, 0.2) is 5.78 Å². The van der Waals surface area contributed by atoms with Gasteiger partial charge in [-0.05, 0) is 48.6 Å². The Kier molecular flexibility index (Phi) is 6.99. The normalized spacial score (nSPS) is 11.0. The Morgan fingerprint density at radius 2 is 1.74 bits per heavy atom. The summed E-state index contributed by atoms with van der Waals surface area (Å²) in [6.07, 6.45) is 0.696. The zero-order chi connectivity index (χ0) is 19.9. The first-order valence-electron chi connectivity index (χ1n) is 9.15. The van der Waals surface area contributed by atoms with Crippen molar-refractivity contribution in [1.29, 1.82) is 0 Å². The summed E-state index contributed by atoms with van der Waals surface area (Å²) in [6, 6.07) is 14.7. The number of benzene rings is 2. The van der Waals surface area contributed by atoms with E-state index in [-0.39, 0.29) is 17.2 Å². The summed E-state index contributed by atoms with van der Waals surface area (Å²) >= 11 is 0. The lowest BCUT2D eigenvalue weighted by Gasteiger charge is -2.19. The average molecular weight is 368 g/mol. The zero-order valence-electron chi connectivity index (χ0n) is 16.5. The van der Waals surface area contributed by atoms with Crippen LogP contribution in [0.25, 0.3) is 0 Å². The van der Waals surface area contributed by atoms with Crippen LogP contribution in [0.15, 0.2) is 48.5 Å². The Hall–Kier alpha value is -2.82. The molecule has 2 rings (SSSR count). The molecule has 0 aliphatic heterocycles. The van der Waals surface area contributed by atoms with Gasteiger partial charge >= 0.3 is 6.03 Å². The molecule has 0 heterocycles. The number of nitrogens with one attached hydrogen (secondary N) is 2. The number of urea groups is 1. The van der Waals surface area contributed by atoms with Crippen LogP contribution in [0.1, 0.15) is 50.0 Å². The van der Waals surface area contributed by atoms with E-state index in [4.69, 9.17) is 4.74 Å². The highest BCUT2D eigenvalue weighted by Crippen LogP contribution is 2.24. The molecule has 0 spiro atoms. The third kappa shape index (κ3) is 6.77. The van der Waals surface area contributed by atoms with Crippen LogP contribution in [-0.2, 0) is 5.41 Å². The van der Waals surface area contributed by atoms with Crippen molar-refractivity contribution in [3.05, 3.63) is 59.7 Å². The third-order valence-corrected chi connectivity index (χ3v) is 4.12. The van der Waals surface area contributed by atoms with Crippen molar-refractivity contribution in [3.8, 4) is 5.75 Å². The molecule has 0 aliphatic rings. The molecule has 144 valence electrons. The van der Waals surface area contributed by atoms with Crippen molar-refractivity contribution in [2.45, 2.75) is 39.5 Å². The Bertz CT molecular complexity index is 777. The highest BCUT2D eigenvalue weighted by atomic mass is 16.5. The van der Waals surface area contributed by atoms with Crippen LogP contribution in [0, 0.1) is 0 Å². The lowest BCUT2D eigenvalue weighted by Crippen LogP contribution is -2.30. The van der Waals surface area contributed by atoms with Gasteiger partial charge < -0.3 is 15.4 Å². The van der Waals surface area contributed by atoms with E-state index < -0.39 is 0 Å². The van der Waals surface area contributed by atoms with E-state index in [1.54, 1.807) is 24.3 Å². The minimum atomic E-state index is -0.301. The molecule has 2 amide bonds. The van der Waals surface area contributed by atoms with E-state index in [2.05, 4.69) is 43.5 Å². The maximum absolute atomic E-state index is 11.9. The third-order valence-electron chi connectivity index (χ3n) is 4.12. The zero-order valence-corrected chi connectivity index (χ0v) is 16.5. The van der Waals surface area contributed by atoms with Crippen LogP contribution in [-0.4, -0.2) is 25.0 Å². The highest BCUT2D eigenvalue weighted by Gasteiger charge is 2.12. The van der Waals surface area contributed by atoms with Gasteiger partial charge in [-0.15, -0.1) is 0 Å². The summed E-state index contributed by atoms with van der Waals surface area (Å²) in [6.45, 7) is 9.05. The first-order chi connectivity index (χ1) is 12.8. The van der Waals surface area contributed by atoms with E-state index in [1.165, 1.54) is 12.5 Å². The van der Waals surface area contributed by atoms with E-state index in [1.807, 2.05) is 12.1 Å². The topological polar surface area (TPSA) is 67.4 Å².